The molecule has 3 rings (SSSR count). The molecule has 1 aromatic carbocycles. The van der Waals surface area contributed by atoms with Crippen molar-refractivity contribution >= 4 is 17.5 Å². The summed E-state index contributed by atoms with van der Waals surface area (Å²) in [5.74, 6) is 0.824. The van der Waals surface area contributed by atoms with Crippen molar-refractivity contribution in [3.8, 4) is 0 Å². The van der Waals surface area contributed by atoms with Crippen LogP contribution < -0.4 is 0 Å². The second-order valence-corrected chi connectivity index (χ2v) is 6.65. The summed E-state index contributed by atoms with van der Waals surface area (Å²) in [6.07, 6.45) is -0.561. The number of ether oxygens (including phenoxy) is 1. The highest BCUT2D eigenvalue weighted by atomic mass is 35.5. The molecule has 7 heteroatoms. The normalized spacial score (nSPS) is 21.1. The highest BCUT2D eigenvalue weighted by Crippen LogP contribution is 2.28. The van der Waals surface area contributed by atoms with E-state index in [0.717, 1.165) is 11.1 Å². The lowest BCUT2D eigenvalue weighted by atomic mass is 10.0. The molecule has 0 unspecified atom stereocenters. The van der Waals surface area contributed by atoms with Crippen LogP contribution in [0.5, 0.6) is 0 Å². The van der Waals surface area contributed by atoms with Crippen molar-refractivity contribution in [1.29, 1.82) is 0 Å². The number of rotatable bonds is 2. The fourth-order valence-electron chi connectivity index (χ4n) is 2.81. The summed E-state index contributed by atoms with van der Waals surface area (Å²) in [5, 5.41) is 4.25. The molecule has 1 fully saturated rings. The average Bonchev–Trinajstić information content (AvgIpc) is 2.96. The maximum Gasteiger partial charge on any atom is 0.257 e. The molecule has 24 heavy (non-hydrogen) atoms. The van der Waals surface area contributed by atoms with Gasteiger partial charge in [0.15, 0.2) is 11.9 Å². The summed E-state index contributed by atoms with van der Waals surface area (Å²) in [6, 6.07) is 3.67. The fourth-order valence-corrected chi connectivity index (χ4v) is 3.11. The standard InChI is InChI=1S/C17H20ClN3O3/c1-9-5-13(14(18)6-10(9)2)17(22)21-7-11(3)23-15(8-21)16-19-12(4)20-24-16/h5-6,11,15H,7-8H2,1-4H3/t11-,15-/m1/s1. The fraction of sp³-hybridized carbons (Fsp3) is 0.471. The van der Waals surface area contributed by atoms with Gasteiger partial charge in [-0.2, -0.15) is 4.98 Å². The van der Waals surface area contributed by atoms with E-state index in [9.17, 15) is 4.79 Å². The molecule has 2 aromatic rings. The van der Waals surface area contributed by atoms with Crippen LogP contribution in [0.3, 0.4) is 0 Å². The summed E-state index contributed by atoms with van der Waals surface area (Å²) < 4.78 is 11.0. The highest BCUT2D eigenvalue weighted by molar-refractivity contribution is 6.34. The summed E-state index contributed by atoms with van der Waals surface area (Å²) in [6.45, 7) is 8.45. The first kappa shape index (κ1) is 16.9. The van der Waals surface area contributed by atoms with E-state index in [4.69, 9.17) is 20.9 Å². The Labute approximate surface area is 145 Å². The molecular formula is C17H20ClN3O3. The lowest BCUT2D eigenvalue weighted by molar-refractivity contribution is -0.0810. The van der Waals surface area contributed by atoms with Crippen LogP contribution in [0.4, 0.5) is 0 Å². The minimum atomic E-state index is -0.427. The molecule has 0 N–H and O–H groups in total. The predicted octanol–water partition coefficient (Wildman–Crippen LogP) is 3.25. The van der Waals surface area contributed by atoms with Crippen molar-refractivity contribution < 1.29 is 14.1 Å². The van der Waals surface area contributed by atoms with Gasteiger partial charge in [0.2, 0.25) is 0 Å². The third-order valence-corrected chi connectivity index (χ3v) is 4.49. The molecule has 1 aromatic heterocycles. The monoisotopic (exact) mass is 349 g/mol. The van der Waals surface area contributed by atoms with Crippen molar-refractivity contribution in [2.75, 3.05) is 13.1 Å². The second kappa shape index (κ2) is 6.53. The minimum Gasteiger partial charge on any atom is -0.362 e. The Kier molecular flexibility index (Phi) is 4.60. The van der Waals surface area contributed by atoms with Crippen LogP contribution in [0.15, 0.2) is 16.7 Å². The van der Waals surface area contributed by atoms with Gasteiger partial charge in [0.25, 0.3) is 11.8 Å². The van der Waals surface area contributed by atoms with Crippen LogP contribution in [0, 0.1) is 20.8 Å². The number of nitrogens with zero attached hydrogens (tertiary/aromatic N) is 3. The van der Waals surface area contributed by atoms with E-state index in [1.807, 2.05) is 32.9 Å². The molecule has 2 heterocycles. The van der Waals surface area contributed by atoms with Crippen molar-refractivity contribution in [2.45, 2.75) is 39.9 Å². The number of carbonyl (C=O) groups excluding carboxylic acids is 1. The van der Waals surface area contributed by atoms with Gasteiger partial charge in [0, 0.05) is 6.54 Å². The van der Waals surface area contributed by atoms with E-state index < -0.39 is 6.10 Å². The van der Waals surface area contributed by atoms with Gasteiger partial charge in [-0.1, -0.05) is 16.8 Å². The highest BCUT2D eigenvalue weighted by Gasteiger charge is 2.33. The van der Waals surface area contributed by atoms with E-state index >= 15 is 0 Å². The zero-order chi connectivity index (χ0) is 17.4. The number of amides is 1. The van der Waals surface area contributed by atoms with Crippen LogP contribution in [0.25, 0.3) is 0 Å². The molecule has 0 aliphatic carbocycles. The van der Waals surface area contributed by atoms with Gasteiger partial charge in [-0.05, 0) is 51.0 Å². The van der Waals surface area contributed by atoms with Crippen LogP contribution in [0.1, 0.15) is 46.2 Å². The van der Waals surface area contributed by atoms with E-state index in [-0.39, 0.29) is 12.0 Å². The van der Waals surface area contributed by atoms with Crippen molar-refractivity contribution in [3.63, 3.8) is 0 Å². The van der Waals surface area contributed by atoms with Gasteiger partial charge in [-0.15, -0.1) is 0 Å². The Morgan fingerprint density at radius 1 is 1.25 bits per heavy atom. The SMILES string of the molecule is Cc1noc([C@H]2CN(C(=O)c3cc(C)c(C)cc3Cl)C[C@@H](C)O2)n1. The molecule has 0 spiro atoms. The van der Waals surface area contributed by atoms with E-state index in [1.54, 1.807) is 11.8 Å². The molecular weight excluding hydrogens is 330 g/mol. The average molecular weight is 350 g/mol. The first-order chi connectivity index (χ1) is 11.3. The largest absolute Gasteiger partial charge is 0.362 e. The van der Waals surface area contributed by atoms with Gasteiger partial charge in [0.05, 0.1) is 23.2 Å². The zero-order valence-corrected chi connectivity index (χ0v) is 14.9. The smallest absolute Gasteiger partial charge is 0.257 e. The molecule has 0 bridgehead atoms. The Hall–Kier alpha value is -1.92. The van der Waals surface area contributed by atoms with Gasteiger partial charge in [-0.3, -0.25) is 4.79 Å². The zero-order valence-electron chi connectivity index (χ0n) is 14.2. The van der Waals surface area contributed by atoms with Gasteiger partial charge >= 0.3 is 0 Å². The molecule has 1 amide bonds. The number of hydrogen-bond acceptors (Lipinski definition) is 5. The number of morpholine rings is 1. The molecule has 2 atom stereocenters. The number of hydrogen-bond donors (Lipinski definition) is 0. The topological polar surface area (TPSA) is 68.5 Å². The summed E-state index contributed by atoms with van der Waals surface area (Å²) in [5.41, 5.74) is 2.61. The quantitative estimate of drug-likeness (QED) is 0.832. The van der Waals surface area contributed by atoms with E-state index in [0.29, 0.717) is 35.4 Å². The summed E-state index contributed by atoms with van der Waals surface area (Å²) >= 11 is 6.29. The maximum atomic E-state index is 12.9. The number of halogens is 1. The third-order valence-electron chi connectivity index (χ3n) is 4.18. The Morgan fingerprint density at radius 2 is 1.96 bits per heavy atom. The number of aryl methyl sites for hydroxylation is 3. The number of carbonyl (C=O) groups is 1. The Balaban J connectivity index is 1.85. The maximum absolute atomic E-state index is 12.9. The van der Waals surface area contributed by atoms with Crippen LogP contribution in [-0.4, -0.2) is 40.1 Å². The lowest BCUT2D eigenvalue weighted by Gasteiger charge is -2.35. The van der Waals surface area contributed by atoms with Crippen molar-refractivity contribution in [2.24, 2.45) is 0 Å². The lowest BCUT2D eigenvalue weighted by Crippen LogP contribution is -2.46. The summed E-state index contributed by atoms with van der Waals surface area (Å²) in [4.78, 5) is 18.9. The second-order valence-electron chi connectivity index (χ2n) is 6.24. The Morgan fingerprint density at radius 3 is 2.62 bits per heavy atom. The van der Waals surface area contributed by atoms with Gasteiger partial charge in [-0.25, -0.2) is 0 Å². The van der Waals surface area contributed by atoms with E-state index in [1.165, 1.54) is 0 Å². The molecule has 0 saturated carbocycles. The number of aromatic nitrogens is 2. The molecule has 6 nitrogen and oxygen atoms in total. The number of benzene rings is 1. The Bertz CT molecular complexity index is 774. The molecule has 128 valence electrons. The third kappa shape index (κ3) is 3.30. The van der Waals surface area contributed by atoms with Crippen LogP contribution >= 0.6 is 11.6 Å². The first-order valence-electron chi connectivity index (χ1n) is 7.87. The molecule has 1 saturated heterocycles. The van der Waals surface area contributed by atoms with Crippen molar-refractivity contribution in [3.05, 3.63) is 45.6 Å². The molecule has 0 radical (unpaired) electrons. The van der Waals surface area contributed by atoms with E-state index in [2.05, 4.69) is 10.1 Å². The summed E-state index contributed by atoms with van der Waals surface area (Å²) in [7, 11) is 0. The van der Waals surface area contributed by atoms with Crippen molar-refractivity contribution in [1.82, 2.24) is 15.0 Å². The first-order valence-corrected chi connectivity index (χ1v) is 8.24. The molecule has 1 aliphatic rings. The minimum absolute atomic E-state index is 0.112. The predicted molar refractivity (Wildman–Crippen MR) is 89.2 cm³/mol. The van der Waals surface area contributed by atoms with Crippen LogP contribution in [-0.2, 0) is 4.74 Å². The van der Waals surface area contributed by atoms with Crippen LogP contribution in [0.2, 0.25) is 5.02 Å². The van der Waals surface area contributed by atoms with Gasteiger partial charge in [0.1, 0.15) is 0 Å². The molecule has 1 aliphatic heterocycles. The van der Waals surface area contributed by atoms with Gasteiger partial charge < -0.3 is 14.2 Å².